The van der Waals surface area contributed by atoms with Gasteiger partial charge in [-0.05, 0) is 5.56 Å². The van der Waals surface area contributed by atoms with E-state index >= 15 is 0 Å². The Kier molecular flexibility index (Phi) is 2.86. The Morgan fingerprint density at radius 1 is 1.25 bits per heavy atom. The molecule has 0 radical (unpaired) electrons. The highest BCUT2D eigenvalue weighted by Gasteiger charge is 2.12. The Morgan fingerprint density at radius 2 is 2.00 bits per heavy atom. The Labute approximate surface area is 113 Å². The molecule has 0 aliphatic heterocycles. The van der Waals surface area contributed by atoms with E-state index in [4.69, 9.17) is 0 Å². The van der Waals surface area contributed by atoms with Crippen molar-refractivity contribution in [1.29, 1.82) is 0 Å². The molecular formula is C13H13N5O2. The van der Waals surface area contributed by atoms with Gasteiger partial charge in [-0.25, -0.2) is 4.79 Å². The Hall–Kier alpha value is -2.83. The molecule has 1 aromatic carbocycles. The van der Waals surface area contributed by atoms with E-state index in [1.807, 2.05) is 30.3 Å². The van der Waals surface area contributed by atoms with E-state index in [0.29, 0.717) is 23.4 Å². The number of nitrogens with one attached hydrogen (secondary N) is 3. The van der Waals surface area contributed by atoms with Crippen molar-refractivity contribution >= 4 is 16.9 Å². The minimum atomic E-state index is -0.472. The van der Waals surface area contributed by atoms with Gasteiger partial charge in [-0.2, -0.15) is 5.10 Å². The second-order valence-electron chi connectivity index (χ2n) is 4.46. The van der Waals surface area contributed by atoms with E-state index < -0.39 is 5.69 Å². The van der Waals surface area contributed by atoms with Crippen molar-refractivity contribution in [2.45, 2.75) is 6.54 Å². The molecule has 3 aromatic rings. The molecule has 3 N–H and O–H groups in total. The van der Waals surface area contributed by atoms with Crippen LogP contribution in [0.15, 0.2) is 39.9 Å². The highest BCUT2D eigenvalue weighted by molar-refractivity contribution is 5.85. The Morgan fingerprint density at radius 3 is 2.75 bits per heavy atom. The summed E-state index contributed by atoms with van der Waals surface area (Å²) in [6.45, 7) is 0.545. The quantitative estimate of drug-likeness (QED) is 0.648. The Bertz CT molecular complexity index is 860. The molecule has 0 amide bonds. The van der Waals surface area contributed by atoms with Crippen LogP contribution in [0.4, 0.5) is 5.82 Å². The van der Waals surface area contributed by atoms with Crippen LogP contribution in [-0.4, -0.2) is 19.7 Å². The van der Waals surface area contributed by atoms with Crippen LogP contribution in [-0.2, 0) is 13.6 Å². The molecule has 102 valence electrons. The summed E-state index contributed by atoms with van der Waals surface area (Å²) in [6.07, 6.45) is 0. The van der Waals surface area contributed by atoms with Gasteiger partial charge in [-0.15, -0.1) is 0 Å². The van der Waals surface area contributed by atoms with Crippen LogP contribution in [0, 0.1) is 0 Å². The molecule has 0 fully saturated rings. The van der Waals surface area contributed by atoms with Gasteiger partial charge in [-0.3, -0.25) is 19.4 Å². The van der Waals surface area contributed by atoms with Crippen molar-refractivity contribution < 1.29 is 0 Å². The highest BCUT2D eigenvalue weighted by Crippen LogP contribution is 2.14. The van der Waals surface area contributed by atoms with Gasteiger partial charge in [0, 0.05) is 13.6 Å². The van der Waals surface area contributed by atoms with Gasteiger partial charge < -0.3 is 5.32 Å². The predicted molar refractivity (Wildman–Crippen MR) is 75.7 cm³/mol. The van der Waals surface area contributed by atoms with E-state index in [1.54, 1.807) is 0 Å². The number of nitrogens with zero attached hydrogens (tertiary/aromatic N) is 2. The maximum Gasteiger partial charge on any atom is 0.329 e. The van der Waals surface area contributed by atoms with Gasteiger partial charge in [0.05, 0.1) is 0 Å². The van der Waals surface area contributed by atoms with Gasteiger partial charge in [0.25, 0.3) is 5.56 Å². The first-order chi connectivity index (χ1) is 9.66. The lowest BCUT2D eigenvalue weighted by Gasteiger charge is -2.03. The molecule has 0 spiro atoms. The molecule has 20 heavy (non-hydrogen) atoms. The number of H-pyrrole nitrogens is 2. The fraction of sp³-hybridized carbons (Fsp3) is 0.154. The maximum atomic E-state index is 12.1. The van der Waals surface area contributed by atoms with Gasteiger partial charge in [-0.1, -0.05) is 30.3 Å². The predicted octanol–water partition coefficient (Wildman–Crippen LogP) is 0.562. The minimum Gasteiger partial charge on any atom is -0.364 e. The molecule has 3 rings (SSSR count). The fourth-order valence-electron chi connectivity index (χ4n) is 2.00. The second kappa shape index (κ2) is 4.69. The largest absolute Gasteiger partial charge is 0.364 e. The molecule has 7 heteroatoms. The van der Waals surface area contributed by atoms with E-state index in [9.17, 15) is 9.59 Å². The average Bonchev–Trinajstić information content (AvgIpc) is 2.87. The summed E-state index contributed by atoms with van der Waals surface area (Å²) in [7, 11) is 1.43. The molecule has 0 saturated carbocycles. The zero-order valence-electron chi connectivity index (χ0n) is 10.8. The van der Waals surface area contributed by atoms with Crippen LogP contribution in [0.2, 0.25) is 0 Å². The number of rotatable bonds is 3. The maximum absolute atomic E-state index is 12.1. The van der Waals surface area contributed by atoms with Crippen LogP contribution in [0.5, 0.6) is 0 Å². The molecule has 0 unspecified atom stereocenters. The van der Waals surface area contributed by atoms with Crippen molar-refractivity contribution in [3.63, 3.8) is 0 Å². The van der Waals surface area contributed by atoms with Crippen molar-refractivity contribution in [2.75, 3.05) is 5.32 Å². The van der Waals surface area contributed by atoms with Crippen molar-refractivity contribution in [3.05, 3.63) is 56.7 Å². The average molecular weight is 271 g/mol. The van der Waals surface area contributed by atoms with E-state index in [1.165, 1.54) is 7.05 Å². The summed E-state index contributed by atoms with van der Waals surface area (Å²) >= 11 is 0. The van der Waals surface area contributed by atoms with Gasteiger partial charge in [0.15, 0.2) is 5.82 Å². The topological polar surface area (TPSA) is 95.6 Å². The number of aromatic nitrogens is 4. The number of hydrogen-bond donors (Lipinski definition) is 3. The van der Waals surface area contributed by atoms with Gasteiger partial charge in [0.2, 0.25) is 0 Å². The molecule has 0 atom stereocenters. The van der Waals surface area contributed by atoms with Crippen LogP contribution < -0.4 is 16.6 Å². The number of benzene rings is 1. The van der Waals surface area contributed by atoms with Crippen LogP contribution in [0.25, 0.3) is 11.0 Å². The van der Waals surface area contributed by atoms with Crippen LogP contribution in [0.1, 0.15) is 5.56 Å². The number of aromatic amines is 2. The van der Waals surface area contributed by atoms with Crippen LogP contribution in [0.3, 0.4) is 0 Å². The smallest absolute Gasteiger partial charge is 0.329 e. The summed E-state index contributed by atoms with van der Waals surface area (Å²) in [5, 5.41) is 10.1. The third kappa shape index (κ3) is 1.99. The summed E-state index contributed by atoms with van der Waals surface area (Å²) < 4.78 is 1.02. The molecule has 0 aliphatic rings. The SMILES string of the molecule is Cn1c(=O)[nH]c2[nH]nc(NCc3ccccc3)c2c1=O. The Balaban J connectivity index is 1.99. The summed E-state index contributed by atoms with van der Waals surface area (Å²) in [5.41, 5.74) is 0.549. The van der Waals surface area contributed by atoms with Crippen LogP contribution >= 0.6 is 0 Å². The zero-order chi connectivity index (χ0) is 14.1. The fourth-order valence-corrected chi connectivity index (χ4v) is 2.00. The minimum absolute atomic E-state index is 0.327. The standard InChI is InChI=1S/C13H13N5O2/c1-18-12(19)9-10(16-17-11(9)15-13(18)20)14-7-8-5-3-2-4-6-8/h2-6H,7H2,1H3,(H3,14,15,16,17,20). The highest BCUT2D eigenvalue weighted by atomic mass is 16.2. The van der Waals surface area contributed by atoms with Gasteiger partial charge in [0.1, 0.15) is 11.0 Å². The second-order valence-corrected chi connectivity index (χ2v) is 4.46. The first-order valence-electron chi connectivity index (χ1n) is 6.12. The molecule has 2 heterocycles. The van der Waals surface area contributed by atoms with E-state index in [-0.39, 0.29) is 5.56 Å². The molecule has 2 aromatic heterocycles. The lowest BCUT2D eigenvalue weighted by atomic mass is 10.2. The summed E-state index contributed by atoms with van der Waals surface area (Å²) in [5.74, 6) is 0.431. The molecule has 0 bridgehead atoms. The normalized spacial score (nSPS) is 10.8. The van der Waals surface area contributed by atoms with Crippen molar-refractivity contribution in [3.8, 4) is 0 Å². The molecular weight excluding hydrogens is 258 g/mol. The van der Waals surface area contributed by atoms with Gasteiger partial charge >= 0.3 is 5.69 Å². The first kappa shape index (κ1) is 12.2. The van der Waals surface area contributed by atoms with Crippen molar-refractivity contribution in [1.82, 2.24) is 19.7 Å². The molecule has 7 nitrogen and oxygen atoms in total. The molecule has 0 aliphatic carbocycles. The number of hydrogen-bond acceptors (Lipinski definition) is 4. The summed E-state index contributed by atoms with van der Waals surface area (Å²) in [4.78, 5) is 26.1. The zero-order valence-corrected chi connectivity index (χ0v) is 10.8. The van der Waals surface area contributed by atoms with Crippen molar-refractivity contribution in [2.24, 2.45) is 7.05 Å². The lowest BCUT2D eigenvalue weighted by Crippen LogP contribution is -2.32. The third-order valence-corrected chi connectivity index (χ3v) is 3.12. The lowest BCUT2D eigenvalue weighted by molar-refractivity contribution is 0.792. The number of fused-ring (bicyclic) bond motifs is 1. The van der Waals surface area contributed by atoms with E-state index in [2.05, 4.69) is 20.5 Å². The number of anilines is 1. The monoisotopic (exact) mass is 271 g/mol. The first-order valence-corrected chi connectivity index (χ1v) is 6.12. The third-order valence-electron chi connectivity index (χ3n) is 3.12. The molecule has 0 saturated heterocycles. The van der Waals surface area contributed by atoms with E-state index in [0.717, 1.165) is 10.1 Å². The summed E-state index contributed by atoms with van der Waals surface area (Å²) in [6, 6.07) is 9.77.